The van der Waals surface area contributed by atoms with Crippen LogP contribution in [0.5, 0.6) is 0 Å². The molecule has 0 spiro atoms. The van der Waals surface area contributed by atoms with Crippen LogP contribution in [0.15, 0.2) is 18.5 Å². The van der Waals surface area contributed by atoms with Crippen LogP contribution in [0.3, 0.4) is 0 Å². The summed E-state index contributed by atoms with van der Waals surface area (Å²) in [7, 11) is 1.69. The lowest BCUT2D eigenvalue weighted by molar-refractivity contribution is -0.121. The molecule has 0 aliphatic carbocycles. The molecule has 1 saturated heterocycles. The first-order valence-corrected chi connectivity index (χ1v) is 6.02. The highest BCUT2D eigenvalue weighted by Gasteiger charge is 2.22. The molecule has 0 unspecified atom stereocenters. The highest BCUT2D eigenvalue weighted by atomic mass is 16.1. The molecule has 1 aromatic rings. The molecule has 1 aliphatic heterocycles. The largest absolute Gasteiger partial charge is 0.359 e. The fourth-order valence-electron chi connectivity index (χ4n) is 2.16. The number of nitrogens with one attached hydrogen (secondary N) is 1. The van der Waals surface area contributed by atoms with Crippen molar-refractivity contribution < 1.29 is 4.79 Å². The van der Waals surface area contributed by atoms with Crippen LogP contribution >= 0.6 is 0 Å². The smallest absolute Gasteiger partial charge is 0.225 e. The number of aromatic nitrogens is 2. The summed E-state index contributed by atoms with van der Waals surface area (Å²) in [5.41, 5.74) is 0. The normalized spacial score (nSPS) is 16.9. The minimum absolute atomic E-state index is 0.138. The van der Waals surface area contributed by atoms with E-state index in [0.29, 0.717) is 12.3 Å². The van der Waals surface area contributed by atoms with Crippen molar-refractivity contribution >= 4 is 11.9 Å². The van der Waals surface area contributed by atoms with Crippen molar-refractivity contribution in [1.29, 1.82) is 0 Å². The van der Waals surface area contributed by atoms with Gasteiger partial charge in [0.05, 0.1) is 0 Å². The quantitative estimate of drug-likeness (QED) is 0.841. The van der Waals surface area contributed by atoms with Gasteiger partial charge in [-0.15, -0.1) is 0 Å². The molecular weight excluding hydrogens is 216 g/mol. The molecule has 0 atom stereocenters. The summed E-state index contributed by atoms with van der Waals surface area (Å²) >= 11 is 0. The fraction of sp³-hybridized carbons (Fsp3) is 0.583. The maximum Gasteiger partial charge on any atom is 0.225 e. The Balaban J connectivity index is 1.84. The first-order chi connectivity index (χ1) is 8.29. The third-order valence-electron chi connectivity index (χ3n) is 3.20. The fourth-order valence-corrected chi connectivity index (χ4v) is 2.16. The molecule has 1 fully saturated rings. The van der Waals surface area contributed by atoms with Gasteiger partial charge in [-0.2, -0.15) is 0 Å². The van der Waals surface area contributed by atoms with Crippen LogP contribution < -0.4 is 10.2 Å². The second-order valence-corrected chi connectivity index (χ2v) is 4.36. The van der Waals surface area contributed by atoms with E-state index in [1.807, 2.05) is 6.07 Å². The number of nitrogens with zero attached hydrogens (tertiary/aromatic N) is 3. The third-order valence-corrected chi connectivity index (χ3v) is 3.20. The van der Waals surface area contributed by atoms with Gasteiger partial charge in [-0.3, -0.25) is 4.79 Å². The lowest BCUT2D eigenvalue weighted by Crippen LogP contribution is -2.36. The number of hydrogen-bond donors (Lipinski definition) is 1. The van der Waals surface area contributed by atoms with Gasteiger partial charge in [-0.25, -0.2) is 9.97 Å². The Kier molecular flexibility index (Phi) is 3.90. The molecule has 0 radical (unpaired) electrons. The molecule has 0 aromatic carbocycles. The van der Waals surface area contributed by atoms with Crippen LogP contribution in [0.4, 0.5) is 5.95 Å². The Bertz CT molecular complexity index is 360. The van der Waals surface area contributed by atoms with Crippen molar-refractivity contribution in [2.24, 2.45) is 5.92 Å². The highest BCUT2D eigenvalue weighted by Crippen LogP contribution is 2.22. The summed E-state index contributed by atoms with van der Waals surface area (Å²) in [6, 6.07) is 1.82. The number of piperidine rings is 1. The van der Waals surface area contributed by atoms with Gasteiger partial charge >= 0.3 is 0 Å². The topological polar surface area (TPSA) is 58.1 Å². The zero-order valence-electron chi connectivity index (χ0n) is 10.1. The predicted octanol–water partition coefficient (Wildman–Crippen LogP) is 0.829. The van der Waals surface area contributed by atoms with Crippen molar-refractivity contribution in [1.82, 2.24) is 15.3 Å². The number of anilines is 1. The Morgan fingerprint density at radius 2 is 2.06 bits per heavy atom. The van der Waals surface area contributed by atoms with Gasteiger partial charge in [-0.1, -0.05) is 0 Å². The molecule has 1 aromatic heterocycles. The van der Waals surface area contributed by atoms with Gasteiger partial charge in [-0.05, 0) is 24.8 Å². The summed E-state index contributed by atoms with van der Waals surface area (Å²) in [5.74, 6) is 1.43. The molecule has 0 bridgehead atoms. The number of carbonyl (C=O) groups is 1. The van der Waals surface area contributed by atoms with Gasteiger partial charge in [0, 0.05) is 39.0 Å². The van der Waals surface area contributed by atoms with E-state index >= 15 is 0 Å². The van der Waals surface area contributed by atoms with Gasteiger partial charge in [0.1, 0.15) is 0 Å². The lowest BCUT2D eigenvalue weighted by Gasteiger charge is -2.31. The predicted molar refractivity (Wildman–Crippen MR) is 65.7 cm³/mol. The van der Waals surface area contributed by atoms with E-state index in [2.05, 4.69) is 20.2 Å². The Hall–Kier alpha value is -1.65. The first kappa shape index (κ1) is 11.8. The zero-order chi connectivity index (χ0) is 12.1. The Morgan fingerprint density at radius 1 is 1.41 bits per heavy atom. The standard InChI is InChI=1S/C12H18N4O/c1-13-11(17)9-10-3-7-16(8-4-10)12-14-5-2-6-15-12/h2,5-6,10H,3-4,7-9H2,1H3,(H,13,17). The summed E-state index contributed by atoms with van der Waals surface area (Å²) in [5, 5.41) is 2.68. The summed E-state index contributed by atoms with van der Waals surface area (Å²) in [6.07, 6.45) is 6.23. The van der Waals surface area contributed by atoms with E-state index in [1.54, 1.807) is 19.4 Å². The Morgan fingerprint density at radius 3 is 2.65 bits per heavy atom. The van der Waals surface area contributed by atoms with Crippen LogP contribution in [0, 0.1) is 5.92 Å². The van der Waals surface area contributed by atoms with Crippen LogP contribution in [0.1, 0.15) is 19.3 Å². The average molecular weight is 234 g/mol. The van der Waals surface area contributed by atoms with Crippen molar-refractivity contribution in [3.8, 4) is 0 Å². The van der Waals surface area contributed by atoms with Gasteiger partial charge < -0.3 is 10.2 Å². The van der Waals surface area contributed by atoms with Crippen LogP contribution in [-0.2, 0) is 4.79 Å². The van der Waals surface area contributed by atoms with E-state index < -0.39 is 0 Å². The van der Waals surface area contributed by atoms with Crippen LogP contribution in [-0.4, -0.2) is 36.0 Å². The molecule has 17 heavy (non-hydrogen) atoms. The molecule has 5 nitrogen and oxygen atoms in total. The second-order valence-electron chi connectivity index (χ2n) is 4.36. The third kappa shape index (κ3) is 3.15. The number of carbonyl (C=O) groups excluding carboxylic acids is 1. The number of amides is 1. The molecule has 5 heteroatoms. The minimum atomic E-state index is 0.138. The molecule has 1 amide bonds. The molecular formula is C12H18N4O. The lowest BCUT2D eigenvalue weighted by atomic mass is 9.93. The second kappa shape index (κ2) is 5.61. The highest BCUT2D eigenvalue weighted by molar-refractivity contribution is 5.75. The van der Waals surface area contributed by atoms with Crippen LogP contribution in [0.25, 0.3) is 0 Å². The van der Waals surface area contributed by atoms with E-state index in [-0.39, 0.29) is 5.91 Å². The van der Waals surface area contributed by atoms with Gasteiger partial charge in [0.15, 0.2) is 0 Å². The van der Waals surface area contributed by atoms with Gasteiger partial charge in [0.2, 0.25) is 11.9 Å². The average Bonchev–Trinajstić information content (AvgIpc) is 2.40. The van der Waals surface area contributed by atoms with Crippen molar-refractivity contribution in [2.45, 2.75) is 19.3 Å². The maximum absolute atomic E-state index is 11.3. The van der Waals surface area contributed by atoms with Gasteiger partial charge in [0.25, 0.3) is 0 Å². The maximum atomic E-state index is 11.3. The van der Waals surface area contributed by atoms with E-state index in [0.717, 1.165) is 31.9 Å². The minimum Gasteiger partial charge on any atom is -0.359 e. The van der Waals surface area contributed by atoms with Crippen molar-refractivity contribution in [3.63, 3.8) is 0 Å². The molecule has 92 valence electrons. The summed E-state index contributed by atoms with van der Waals surface area (Å²) in [4.78, 5) is 21.9. The first-order valence-electron chi connectivity index (χ1n) is 6.02. The number of hydrogen-bond acceptors (Lipinski definition) is 4. The van der Waals surface area contributed by atoms with E-state index in [1.165, 1.54) is 0 Å². The summed E-state index contributed by atoms with van der Waals surface area (Å²) < 4.78 is 0. The van der Waals surface area contributed by atoms with Crippen molar-refractivity contribution in [2.75, 3.05) is 25.0 Å². The SMILES string of the molecule is CNC(=O)CC1CCN(c2ncccn2)CC1. The number of rotatable bonds is 3. The van der Waals surface area contributed by atoms with Crippen LogP contribution in [0.2, 0.25) is 0 Å². The van der Waals surface area contributed by atoms with E-state index in [9.17, 15) is 4.79 Å². The zero-order valence-corrected chi connectivity index (χ0v) is 10.1. The molecule has 2 rings (SSSR count). The molecule has 1 N–H and O–H groups in total. The molecule has 0 saturated carbocycles. The molecule has 2 heterocycles. The molecule has 1 aliphatic rings. The monoisotopic (exact) mass is 234 g/mol. The summed E-state index contributed by atoms with van der Waals surface area (Å²) in [6.45, 7) is 1.87. The van der Waals surface area contributed by atoms with Crippen molar-refractivity contribution in [3.05, 3.63) is 18.5 Å². The van der Waals surface area contributed by atoms with E-state index in [4.69, 9.17) is 0 Å². The Labute approximate surface area is 101 Å².